The minimum absolute atomic E-state index is 0.0291. The van der Waals surface area contributed by atoms with Gasteiger partial charge in [-0.2, -0.15) is 4.98 Å². The quantitative estimate of drug-likeness (QED) is 0.353. The molecular formula is C23H18N2O3. The molecule has 0 saturated heterocycles. The molecule has 0 amide bonds. The lowest BCUT2D eigenvalue weighted by Gasteiger charge is -2.03. The minimum atomic E-state index is -0.0291. The molecule has 28 heavy (non-hydrogen) atoms. The Kier molecular flexibility index (Phi) is 4.97. The van der Waals surface area contributed by atoms with Gasteiger partial charge in [-0.15, -0.1) is 0 Å². The summed E-state index contributed by atoms with van der Waals surface area (Å²) in [6.07, 6.45) is 3.38. The largest absolute Gasteiger partial charge is 0.485 e. The number of benzene rings is 3. The molecule has 0 radical (unpaired) electrons. The third-order valence-electron chi connectivity index (χ3n) is 4.28. The fourth-order valence-electron chi connectivity index (χ4n) is 2.83. The number of aryl methyl sites for hydroxylation is 1. The fourth-order valence-corrected chi connectivity index (χ4v) is 2.83. The second-order valence-electron chi connectivity index (χ2n) is 6.35. The van der Waals surface area contributed by atoms with Crippen molar-refractivity contribution in [1.82, 2.24) is 10.1 Å². The van der Waals surface area contributed by atoms with Crippen molar-refractivity contribution < 1.29 is 14.1 Å². The Morgan fingerprint density at radius 3 is 2.57 bits per heavy atom. The SMILES string of the molecule is Cc1nc(COc2ccc(C=CC(=O)c3ccc4ccccc4c3)cc2)no1. The molecule has 0 aliphatic rings. The smallest absolute Gasteiger partial charge is 0.223 e. The van der Waals surface area contributed by atoms with E-state index in [9.17, 15) is 4.79 Å². The Labute approximate surface area is 162 Å². The molecule has 0 aliphatic carbocycles. The number of ketones is 1. The van der Waals surface area contributed by atoms with E-state index < -0.39 is 0 Å². The highest BCUT2D eigenvalue weighted by Crippen LogP contribution is 2.18. The monoisotopic (exact) mass is 370 g/mol. The third-order valence-corrected chi connectivity index (χ3v) is 4.28. The van der Waals surface area contributed by atoms with E-state index in [1.54, 1.807) is 19.1 Å². The van der Waals surface area contributed by atoms with Crippen LogP contribution in [0.4, 0.5) is 0 Å². The molecule has 3 aromatic carbocycles. The molecule has 0 fully saturated rings. The van der Waals surface area contributed by atoms with Crippen molar-refractivity contribution in [3.05, 3.63) is 95.6 Å². The number of fused-ring (bicyclic) bond motifs is 1. The summed E-state index contributed by atoms with van der Waals surface area (Å²) in [6, 6.07) is 21.2. The molecule has 0 aliphatic heterocycles. The Bertz CT molecular complexity index is 1140. The first-order chi connectivity index (χ1) is 13.7. The number of ether oxygens (including phenoxy) is 1. The van der Waals surface area contributed by atoms with Crippen molar-refractivity contribution in [3.8, 4) is 5.75 Å². The average Bonchev–Trinajstić information content (AvgIpc) is 3.16. The van der Waals surface area contributed by atoms with Gasteiger partial charge in [0.15, 0.2) is 12.4 Å². The van der Waals surface area contributed by atoms with Gasteiger partial charge in [0.25, 0.3) is 0 Å². The summed E-state index contributed by atoms with van der Waals surface area (Å²) >= 11 is 0. The predicted molar refractivity (Wildman–Crippen MR) is 107 cm³/mol. The molecule has 1 heterocycles. The molecule has 5 heteroatoms. The molecule has 0 bridgehead atoms. The topological polar surface area (TPSA) is 65.2 Å². The lowest BCUT2D eigenvalue weighted by atomic mass is 10.0. The Morgan fingerprint density at radius 1 is 1.04 bits per heavy atom. The maximum Gasteiger partial charge on any atom is 0.223 e. The van der Waals surface area contributed by atoms with E-state index in [2.05, 4.69) is 10.1 Å². The zero-order chi connectivity index (χ0) is 19.3. The maximum atomic E-state index is 12.5. The fraction of sp³-hybridized carbons (Fsp3) is 0.0870. The molecule has 0 spiro atoms. The van der Waals surface area contributed by atoms with Crippen LogP contribution in [-0.4, -0.2) is 15.9 Å². The Hall–Kier alpha value is -3.73. The van der Waals surface area contributed by atoms with Crippen LogP contribution in [0.5, 0.6) is 5.75 Å². The van der Waals surface area contributed by atoms with Crippen LogP contribution in [0, 0.1) is 6.92 Å². The molecule has 1 aromatic heterocycles. The lowest BCUT2D eigenvalue weighted by Crippen LogP contribution is -1.97. The predicted octanol–water partition coefficient (Wildman–Crippen LogP) is 5.01. The second-order valence-corrected chi connectivity index (χ2v) is 6.35. The molecular weight excluding hydrogens is 352 g/mol. The van der Waals surface area contributed by atoms with E-state index in [1.807, 2.05) is 66.7 Å². The number of carbonyl (C=O) groups is 1. The highest BCUT2D eigenvalue weighted by Gasteiger charge is 2.04. The molecule has 138 valence electrons. The van der Waals surface area contributed by atoms with Gasteiger partial charge in [0.2, 0.25) is 11.7 Å². The van der Waals surface area contributed by atoms with Crippen molar-refractivity contribution in [2.75, 3.05) is 0 Å². The number of aromatic nitrogens is 2. The summed E-state index contributed by atoms with van der Waals surface area (Å²) in [6.45, 7) is 1.98. The van der Waals surface area contributed by atoms with Gasteiger partial charge in [-0.25, -0.2) is 0 Å². The molecule has 0 N–H and O–H groups in total. The highest BCUT2D eigenvalue weighted by atomic mass is 16.5. The van der Waals surface area contributed by atoms with Crippen LogP contribution < -0.4 is 4.74 Å². The molecule has 0 unspecified atom stereocenters. The first-order valence-electron chi connectivity index (χ1n) is 8.91. The van der Waals surface area contributed by atoms with Gasteiger partial charge in [0.05, 0.1) is 0 Å². The van der Waals surface area contributed by atoms with Crippen LogP contribution in [0.15, 0.2) is 77.3 Å². The van der Waals surface area contributed by atoms with Crippen LogP contribution in [0.1, 0.15) is 27.6 Å². The molecule has 0 atom stereocenters. The van der Waals surface area contributed by atoms with E-state index in [-0.39, 0.29) is 12.4 Å². The molecule has 4 aromatic rings. The molecule has 4 rings (SSSR count). The highest BCUT2D eigenvalue weighted by molar-refractivity contribution is 6.08. The summed E-state index contributed by atoms with van der Waals surface area (Å²) in [4.78, 5) is 16.5. The van der Waals surface area contributed by atoms with Gasteiger partial charge in [-0.05, 0) is 40.6 Å². The van der Waals surface area contributed by atoms with E-state index in [1.165, 1.54) is 0 Å². The van der Waals surface area contributed by atoms with Gasteiger partial charge in [-0.3, -0.25) is 4.79 Å². The van der Waals surface area contributed by atoms with Crippen molar-refractivity contribution in [1.29, 1.82) is 0 Å². The van der Waals surface area contributed by atoms with E-state index in [0.29, 0.717) is 23.0 Å². The van der Waals surface area contributed by atoms with Crippen molar-refractivity contribution >= 4 is 22.6 Å². The number of hydrogen-bond donors (Lipinski definition) is 0. The van der Waals surface area contributed by atoms with Gasteiger partial charge < -0.3 is 9.26 Å². The van der Waals surface area contributed by atoms with E-state index in [0.717, 1.165) is 16.3 Å². The van der Waals surface area contributed by atoms with Crippen LogP contribution >= 0.6 is 0 Å². The van der Waals surface area contributed by atoms with Crippen LogP contribution in [0.2, 0.25) is 0 Å². The summed E-state index contributed by atoms with van der Waals surface area (Å²) in [5.41, 5.74) is 1.59. The minimum Gasteiger partial charge on any atom is -0.485 e. The van der Waals surface area contributed by atoms with Crippen molar-refractivity contribution in [2.24, 2.45) is 0 Å². The summed E-state index contributed by atoms with van der Waals surface area (Å²) in [5, 5.41) is 5.96. The van der Waals surface area contributed by atoms with Gasteiger partial charge in [-0.1, -0.05) is 59.8 Å². The second kappa shape index (κ2) is 7.88. The van der Waals surface area contributed by atoms with Crippen LogP contribution in [0.3, 0.4) is 0 Å². The van der Waals surface area contributed by atoms with Gasteiger partial charge in [0, 0.05) is 12.5 Å². The van der Waals surface area contributed by atoms with Gasteiger partial charge >= 0.3 is 0 Å². The van der Waals surface area contributed by atoms with Crippen LogP contribution in [-0.2, 0) is 6.61 Å². The Morgan fingerprint density at radius 2 is 1.82 bits per heavy atom. The summed E-state index contributed by atoms with van der Waals surface area (Å²) in [7, 11) is 0. The average molecular weight is 370 g/mol. The number of hydrogen-bond acceptors (Lipinski definition) is 5. The third kappa shape index (κ3) is 4.15. The zero-order valence-corrected chi connectivity index (χ0v) is 15.3. The number of allylic oxidation sites excluding steroid dienone is 1. The summed E-state index contributed by atoms with van der Waals surface area (Å²) < 4.78 is 10.5. The lowest BCUT2D eigenvalue weighted by molar-refractivity contribution is 0.104. The van der Waals surface area contributed by atoms with Crippen LogP contribution in [0.25, 0.3) is 16.8 Å². The van der Waals surface area contributed by atoms with E-state index in [4.69, 9.17) is 9.26 Å². The standard InChI is InChI=1S/C23H18N2O3/c1-16-24-23(25-28-16)15-27-21-11-6-17(7-12-21)8-13-22(26)20-10-9-18-4-2-3-5-19(18)14-20/h2-14H,15H2,1H3. The zero-order valence-electron chi connectivity index (χ0n) is 15.3. The van der Waals surface area contributed by atoms with Crippen molar-refractivity contribution in [2.45, 2.75) is 13.5 Å². The van der Waals surface area contributed by atoms with Gasteiger partial charge in [0.1, 0.15) is 5.75 Å². The number of rotatable bonds is 6. The number of carbonyl (C=O) groups excluding carboxylic acids is 1. The van der Waals surface area contributed by atoms with E-state index >= 15 is 0 Å². The first kappa shape index (κ1) is 17.7. The maximum absolute atomic E-state index is 12.5. The first-order valence-corrected chi connectivity index (χ1v) is 8.91. The summed E-state index contributed by atoms with van der Waals surface area (Å²) in [5.74, 6) is 1.68. The molecule has 5 nitrogen and oxygen atoms in total. The Balaban J connectivity index is 1.39. The molecule has 0 saturated carbocycles. The number of nitrogens with zero attached hydrogens (tertiary/aromatic N) is 2. The van der Waals surface area contributed by atoms with Crippen molar-refractivity contribution in [3.63, 3.8) is 0 Å². The normalized spacial score (nSPS) is 11.2.